The summed E-state index contributed by atoms with van der Waals surface area (Å²) in [4.78, 5) is 23.0. The lowest BCUT2D eigenvalue weighted by Gasteiger charge is -2.09. The molecule has 0 aliphatic heterocycles. The van der Waals surface area contributed by atoms with Crippen LogP contribution in [-0.2, 0) is 9.53 Å². The number of hydrogen-bond acceptors (Lipinski definition) is 4. The molecule has 4 heteroatoms. The summed E-state index contributed by atoms with van der Waals surface area (Å²) in [6.45, 7) is 3.91. The van der Waals surface area contributed by atoms with Crippen LogP contribution in [-0.4, -0.2) is 24.9 Å². The van der Waals surface area contributed by atoms with Crippen molar-refractivity contribution in [1.82, 2.24) is 0 Å². The van der Waals surface area contributed by atoms with Crippen molar-refractivity contribution >= 4 is 11.8 Å². The van der Waals surface area contributed by atoms with Gasteiger partial charge in [-0.2, -0.15) is 0 Å². The van der Waals surface area contributed by atoms with Gasteiger partial charge >= 0.3 is 5.97 Å². The van der Waals surface area contributed by atoms with Crippen molar-refractivity contribution in [2.24, 2.45) is 5.73 Å². The van der Waals surface area contributed by atoms with Crippen LogP contribution < -0.4 is 5.73 Å². The molecule has 0 heterocycles. The molecule has 1 aromatic rings. The molecular weight excluding hydrogens is 218 g/mol. The number of aryl methyl sites for hydroxylation is 2. The van der Waals surface area contributed by atoms with Gasteiger partial charge in [0.2, 0.25) is 0 Å². The molecule has 0 radical (unpaired) electrons. The number of ether oxygens (including phenoxy) is 1. The minimum atomic E-state index is -0.894. The van der Waals surface area contributed by atoms with Crippen LogP contribution in [0.15, 0.2) is 18.2 Å². The molecular formula is C13H17NO3. The van der Waals surface area contributed by atoms with E-state index in [0.717, 1.165) is 11.1 Å². The van der Waals surface area contributed by atoms with Crippen LogP contribution in [0.5, 0.6) is 0 Å². The van der Waals surface area contributed by atoms with Crippen molar-refractivity contribution in [3.05, 3.63) is 34.9 Å². The highest BCUT2D eigenvalue weighted by Gasteiger charge is 2.19. The van der Waals surface area contributed by atoms with Crippen LogP contribution in [0.1, 0.15) is 27.9 Å². The maximum absolute atomic E-state index is 11.9. The Morgan fingerprint density at radius 2 is 1.94 bits per heavy atom. The van der Waals surface area contributed by atoms with E-state index in [4.69, 9.17) is 5.73 Å². The fourth-order valence-electron chi connectivity index (χ4n) is 1.47. The van der Waals surface area contributed by atoms with Crippen molar-refractivity contribution in [2.45, 2.75) is 26.3 Å². The van der Waals surface area contributed by atoms with Gasteiger partial charge in [-0.1, -0.05) is 12.1 Å². The molecule has 92 valence electrons. The summed E-state index contributed by atoms with van der Waals surface area (Å²) in [5.74, 6) is -0.715. The van der Waals surface area contributed by atoms with Crippen molar-refractivity contribution in [1.29, 1.82) is 0 Å². The monoisotopic (exact) mass is 235 g/mol. The second-order valence-corrected chi connectivity index (χ2v) is 4.06. The highest BCUT2D eigenvalue weighted by molar-refractivity contribution is 5.99. The summed E-state index contributed by atoms with van der Waals surface area (Å²) >= 11 is 0. The fraction of sp³-hybridized carbons (Fsp3) is 0.385. The number of carbonyl (C=O) groups excluding carboxylic acids is 2. The van der Waals surface area contributed by atoms with Gasteiger partial charge in [0.25, 0.3) is 0 Å². The topological polar surface area (TPSA) is 69.4 Å². The molecule has 17 heavy (non-hydrogen) atoms. The first-order valence-corrected chi connectivity index (χ1v) is 5.39. The van der Waals surface area contributed by atoms with Crippen LogP contribution in [0.4, 0.5) is 0 Å². The molecule has 0 amide bonds. The molecule has 2 N–H and O–H groups in total. The van der Waals surface area contributed by atoms with Gasteiger partial charge in [-0.3, -0.25) is 9.59 Å². The van der Waals surface area contributed by atoms with E-state index in [0.29, 0.717) is 5.56 Å². The van der Waals surface area contributed by atoms with Crippen LogP contribution in [0.2, 0.25) is 0 Å². The summed E-state index contributed by atoms with van der Waals surface area (Å²) < 4.78 is 4.48. The Balaban J connectivity index is 2.76. The largest absolute Gasteiger partial charge is 0.468 e. The summed E-state index contributed by atoms with van der Waals surface area (Å²) in [6.07, 6.45) is -0.0326. The standard InChI is InChI=1S/C13H17NO3/c1-8-4-5-10(6-9(8)2)12(15)7-11(14)13(16)17-3/h4-6,11H,7,14H2,1-3H3. The number of Topliss-reactive ketones (excluding diaryl/α,β-unsaturated/α-hetero) is 1. The van der Waals surface area contributed by atoms with Crippen LogP contribution >= 0.6 is 0 Å². The second kappa shape index (κ2) is 5.59. The molecule has 0 aromatic heterocycles. The smallest absolute Gasteiger partial charge is 0.323 e. The summed E-state index contributed by atoms with van der Waals surface area (Å²) in [5, 5.41) is 0. The predicted molar refractivity (Wildman–Crippen MR) is 64.9 cm³/mol. The Kier molecular flexibility index (Phi) is 4.40. The minimum absolute atomic E-state index is 0.0326. The quantitative estimate of drug-likeness (QED) is 0.632. The molecule has 0 bridgehead atoms. The number of carbonyl (C=O) groups is 2. The Bertz CT molecular complexity index is 440. The highest BCUT2D eigenvalue weighted by Crippen LogP contribution is 2.12. The molecule has 0 fully saturated rings. The van der Waals surface area contributed by atoms with Gasteiger partial charge in [-0.25, -0.2) is 0 Å². The fourth-order valence-corrected chi connectivity index (χ4v) is 1.47. The summed E-state index contributed by atoms with van der Waals surface area (Å²) in [5.41, 5.74) is 8.28. The van der Waals surface area contributed by atoms with Gasteiger partial charge in [0, 0.05) is 12.0 Å². The molecule has 1 unspecified atom stereocenters. The molecule has 0 saturated heterocycles. The van der Waals surface area contributed by atoms with Crippen molar-refractivity contribution in [2.75, 3.05) is 7.11 Å². The normalized spacial score (nSPS) is 12.0. The number of esters is 1. The van der Waals surface area contributed by atoms with Gasteiger partial charge in [0.1, 0.15) is 6.04 Å². The van der Waals surface area contributed by atoms with E-state index < -0.39 is 12.0 Å². The Hall–Kier alpha value is -1.68. The first-order valence-electron chi connectivity index (χ1n) is 5.39. The third kappa shape index (κ3) is 3.39. The Morgan fingerprint density at radius 1 is 1.29 bits per heavy atom. The average molecular weight is 235 g/mol. The minimum Gasteiger partial charge on any atom is -0.468 e. The van der Waals surface area contributed by atoms with E-state index in [1.165, 1.54) is 7.11 Å². The maximum atomic E-state index is 11.9. The average Bonchev–Trinajstić information content (AvgIpc) is 2.31. The van der Waals surface area contributed by atoms with Crippen molar-refractivity contribution < 1.29 is 14.3 Å². The third-order valence-electron chi connectivity index (χ3n) is 2.74. The Morgan fingerprint density at radius 3 is 2.47 bits per heavy atom. The zero-order valence-electron chi connectivity index (χ0n) is 10.3. The lowest BCUT2D eigenvalue weighted by Crippen LogP contribution is -2.33. The zero-order valence-corrected chi connectivity index (χ0v) is 10.3. The molecule has 0 aliphatic rings. The van der Waals surface area contributed by atoms with Gasteiger partial charge in [-0.15, -0.1) is 0 Å². The number of ketones is 1. The molecule has 0 aliphatic carbocycles. The van der Waals surface area contributed by atoms with Crippen molar-refractivity contribution in [3.8, 4) is 0 Å². The lowest BCUT2D eigenvalue weighted by atomic mass is 10.00. The number of benzene rings is 1. The van der Waals surface area contributed by atoms with E-state index in [1.54, 1.807) is 6.07 Å². The zero-order chi connectivity index (χ0) is 13.0. The molecule has 1 atom stereocenters. The molecule has 1 rings (SSSR count). The van der Waals surface area contributed by atoms with E-state index >= 15 is 0 Å². The number of methoxy groups -OCH3 is 1. The van der Waals surface area contributed by atoms with Crippen LogP contribution in [0.25, 0.3) is 0 Å². The molecule has 1 aromatic carbocycles. The van der Waals surface area contributed by atoms with Gasteiger partial charge in [-0.05, 0) is 31.0 Å². The molecule has 0 spiro atoms. The van der Waals surface area contributed by atoms with E-state index in [9.17, 15) is 9.59 Å². The van der Waals surface area contributed by atoms with Crippen molar-refractivity contribution in [3.63, 3.8) is 0 Å². The number of rotatable bonds is 4. The number of nitrogens with two attached hydrogens (primary N) is 1. The first-order chi connectivity index (χ1) is 7.95. The van der Waals surface area contributed by atoms with Crippen LogP contribution in [0, 0.1) is 13.8 Å². The SMILES string of the molecule is COC(=O)C(N)CC(=O)c1ccc(C)c(C)c1. The van der Waals surface area contributed by atoms with E-state index in [2.05, 4.69) is 4.74 Å². The second-order valence-electron chi connectivity index (χ2n) is 4.06. The number of hydrogen-bond donors (Lipinski definition) is 1. The lowest BCUT2D eigenvalue weighted by molar-refractivity contribution is -0.142. The van der Waals surface area contributed by atoms with Gasteiger partial charge in [0.05, 0.1) is 7.11 Å². The van der Waals surface area contributed by atoms with Gasteiger partial charge in [0.15, 0.2) is 5.78 Å². The maximum Gasteiger partial charge on any atom is 0.323 e. The van der Waals surface area contributed by atoms with E-state index in [1.807, 2.05) is 26.0 Å². The van der Waals surface area contributed by atoms with Crippen LogP contribution in [0.3, 0.4) is 0 Å². The summed E-state index contributed by atoms with van der Waals surface area (Å²) in [7, 11) is 1.25. The summed E-state index contributed by atoms with van der Waals surface area (Å²) in [6, 6.07) is 4.54. The third-order valence-corrected chi connectivity index (χ3v) is 2.74. The highest BCUT2D eigenvalue weighted by atomic mass is 16.5. The predicted octanol–water partition coefficient (Wildman–Crippen LogP) is 1.38. The van der Waals surface area contributed by atoms with E-state index in [-0.39, 0.29) is 12.2 Å². The molecule has 4 nitrogen and oxygen atoms in total. The van der Waals surface area contributed by atoms with Gasteiger partial charge < -0.3 is 10.5 Å². The first kappa shape index (κ1) is 13.4. The Labute approximate surface area is 101 Å². The molecule has 0 saturated carbocycles.